The Balaban J connectivity index is 1.78. The Labute approximate surface area is 163 Å². The molecule has 3 aromatic carbocycles. The fourth-order valence-electron chi connectivity index (χ4n) is 3.25. The number of methoxy groups -OCH3 is 1. The van der Waals surface area contributed by atoms with Gasteiger partial charge in [-0.25, -0.2) is 4.79 Å². The summed E-state index contributed by atoms with van der Waals surface area (Å²) >= 11 is 0. The van der Waals surface area contributed by atoms with Gasteiger partial charge in [0.2, 0.25) is 0 Å². The third kappa shape index (κ3) is 3.32. The SMILES string of the molecule is COC(=O)c1ccc(/C=C2/C(=O)c3ccccc3O[C@H]2c2ccccc2)cc1. The summed E-state index contributed by atoms with van der Waals surface area (Å²) in [6.07, 6.45) is 1.32. The average molecular weight is 370 g/mol. The highest BCUT2D eigenvalue weighted by molar-refractivity contribution is 6.14. The number of carbonyl (C=O) groups is 2. The highest BCUT2D eigenvalue weighted by atomic mass is 16.5. The molecule has 0 aliphatic carbocycles. The van der Waals surface area contributed by atoms with Crippen molar-refractivity contribution in [3.05, 3.63) is 107 Å². The van der Waals surface area contributed by atoms with Crippen LogP contribution in [0.25, 0.3) is 6.08 Å². The van der Waals surface area contributed by atoms with Crippen LogP contribution in [0.1, 0.15) is 37.9 Å². The normalized spacial score (nSPS) is 17.0. The van der Waals surface area contributed by atoms with Crippen LogP contribution in [0.5, 0.6) is 5.75 Å². The molecule has 4 heteroatoms. The molecular formula is C24H18O4. The van der Waals surface area contributed by atoms with Crippen LogP contribution in [0.15, 0.2) is 84.4 Å². The zero-order valence-electron chi connectivity index (χ0n) is 15.3. The number of esters is 1. The Hall–Kier alpha value is -3.66. The van der Waals surface area contributed by atoms with E-state index in [0.29, 0.717) is 22.4 Å². The van der Waals surface area contributed by atoms with Gasteiger partial charge in [-0.2, -0.15) is 0 Å². The van der Waals surface area contributed by atoms with Crippen LogP contribution in [0.4, 0.5) is 0 Å². The Kier molecular flexibility index (Phi) is 4.77. The molecule has 4 rings (SSSR count). The van der Waals surface area contributed by atoms with Gasteiger partial charge in [0.25, 0.3) is 0 Å². The predicted octanol–water partition coefficient (Wildman–Crippen LogP) is 4.87. The summed E-state index contributed by atoms with van der Waals surface area (Å²) in [6.45, 7) is 0. The molecule has 0 unspecified atom stereocenters. The van der Waals surface area contributed by atoms with Crippen molar-refractivity contribution in [3.8, 4) is 5.75 Å². The van der Waals surface area contributed by atoms with Gasteiger partial charge in [0.15, 0.2) is 11.9 Å². The van der Waals surface area contributed by atoms with Crippen molar-refractivity contribution in [2.45, 2.75) is 6.10 Å². The molecule has 0 saturated heterocycles. The van der Waals surface area contributed by atoms with Crippen LogP contribution >= 0.6 is 0 Å². The smallest absolute Gasteiger partial charge is 0.337 e. The molecule has 1 aliphatic rings. The van der Waals surface area contributed by atoms with E-state index in [0.717, 1.165) is 11.1 Å². The fraction of sp³-hybridized carbons (Fsp3) is 0.0833. The van der Waals surface area contributed by atoms with Crippen molar-refractivity contribution in [3.63, 3.8) is 0 Å². The summed E-state index contributed by atoms with van der Waals surface area (Å²) in [5, 5.41) is 0. The van der Waals surface area contributed by atoms with Gasteiger partial charge in [0, 0.05) is 5.57 Å². The Morgan fingerprint density at radius 2 is 1.61 bits per heavy atom. The molecular weight excluding hydrogens is 352 g/mol. The summed E-state index contributed by atoms with van der Waals surface area (Å²) < 4.78 is 10.9. The number of ketones is 1. The van der Waals surface area contributed by atoms with Crippen molar-refractivity contribution in [2.24, 2.45) is 0 Å². The highest BCUT2D eigenvalue weighted by Crippen LogP contribution is 2.39. The van der Waals surface area contributed by atoms with Gasteiger partial charge in [-0.1, -0.05) is 54.6 Å². The minimum Gasteiger partial charge on any atom is -0.480 e. The van der Waals surface area contributed by atoms with E-state index < -0.39 is 12.1 Å². The van der Waals surface area contributed by atoms with E-state index in [9.17, 15) is 9.59 Å². The zero-order chi connectivity index (χ0) is 19.5. The van der Waals surface area contributed by atoms with Gasteiger partial charge in [-0.15, -0.1) is 0 Å². The first kappa shape index (κ1) is 17.7. The Bertz CT molecular complexity index is 1050. The predicted molar refractivity (Wildman–Crippen MR) is 106 cm³/mol. The molecule has 28 heavy (non-hydrogen) atoms. The van der Waals surface area contributed by atoms with Gasteiger partial charge in [-0.05, 0) is 41.5 Å². The van der Waals surface area contributed by atoms with Crippen molar-refractivity contribution < 1.29 is 19.1 Å². The molecule has 0 amide bonds. The Morgan fingerprint density at radius 3 is 2.32 bits per heavy atom. The van der Waals surface area contributed by atoms with E-state index in [-0.39, 0.29) is 5.78 Å². The number of fused-ring (bicyclic) bond motifs is 1. The Morgan fingerprint density at radius 1 is 0.929 bits per heavy atom. The van der Waals surface area contributed by atoms with Crippen LogP contribution in [0.3, 0.4) is 0 Å². The minimum atomic E-state index is -0.496. The zero-order valence-corrected chi connectivity index (χ0v) is 15.3. The lowest BCUT2D eigenvalue weighted by atomic mass is 9.89. The fourth-order valence-corrected chi connectivity index (χ4v) is 3.25. The molecule has 138 valence electrons. The van der Waals surface area contributed by atoms with Gasteiger partial charge >= 0.3 is 5.97 Å². The van der Waals surface area contributed by atoms with Gasteiger partial charge in [-0.3, -0.25) is 4.79 Å². The monoisotopic (exact) mass is 370 g/mol. The standard InChI is InChI=1S/C24H18O4/c1-27-24(26)18-13-11-16(12-14-18)15-20-22(25)19-9-5-6-10-21(19)28-23(20)17-7-3-2-4-8-17/h2-15,23H,1H3/b20-15-/t23-/m0/s1. The van der Waals surface area contributed by atoms with E-state index >= 15 is 0 Å². The van der Waals surface area contributed by atoms with Crippen LogP contribution in [0.2, 0.25) is 0 Å². The van der Waals surface area contributed by atoms with E-state index in [1.165, 1.54) is 7.11 Å². The number of para-hydroxylation sites is 1. The first-order valence-corrected chi connectivity index (χ1v) is 8.92. The molecule has 1 atom stereocenters. The van der Waals surface area contributed by atoms with Crippen molar-refractivity contribution in [1.82, 2.24) is 0 Å². The van der Waals surface area contributed by atoms with Crippen LogP contribution < -0.4 is 4.74 Å². The summed E-state index contributed by atoms with van der Waals surface area (Å²) in [6, 6.07) is 23.9. The van der Waals surface area contributed by atoms with Crippen LogP contribution in [-0.2, 0) is 4.74 Å². The molecule has 4 nitrogen and oxygen atoms in total. The maximum atomic E-state index is 13.2. The third-order valence-electron chi connectivity index (χ3n) is 4.68. The maximum Gasteiger partial charge on any atom is 0.337 e. The van der Waals surface area contributed by atoms with E-state index in [1.807, 2.05) is 54.6 Å². The van der Waals surface area contributed by atoms with Gasteiger partial charge in [0.05, 0.1) is 18.2 Å². The molecule has 0 saturated carbocycles. The molecule has 0 spiro atoms. The van der Waals surface area contributed by atoms with Gasteiger partial charge < -0.3 is 9.47 Å². The summed E-state index contributed by atoms with van der Waals surface area (Å²) in [7, 11) is 1.35. The van der Waals surface area contributed by atoms with E-state index in [2.05, 4.69) is 0 Å². The number of rotatable bonds is 3. The van der Waals surface area contributed by atoms with E-state index in [4.69, 9.17) is 9.47 Å². The largest absolute Gasteiger partial charge is 0.480 e. The van der Waals surface area contributed by atoms with Crippen LogP contribution in [-0.4, -0.2) is 18.9 Å². The molecule has 0 bridgehead atoms. The molecule has 3 aromatic rings. The maximum absolute atomic E-state index is 13.2. The number of carbonyl (C=O) groups excluding carboxylic acids is 2. The molecule has 0 aromatic heterocycles. The highest BCUT2D eigenvalue weighted by Gasteiger charge is 2.32. The third-order valence-corrected chi connectivity index (χ3v) is 4.68. The molecule has 0 N–H and O–H groups in total. The van der Waals surface area contributed by atoms with Crippen molar-refractivity contribution >= 4 is 17.8 Å². The second kappa shape index (κ2) is 7.53. The van der Waals surface area contributed by atoms with Crippen molar-refractivity contribution in [1.29, 1.82) is 0 Å². The lowest BCUT2D eigenvalue weighted by molar-refractivity contribution is 0.0600. The molecule has 0 radical (unpaired) electrons. The number of Topliss-reactive ketones (excluding diaryl/α,β-unsaturated/α-hetero) is 1. The minimum absolute atomic E-state index is 0.0623. The second-order valence-electron chi connectivity index (χ2n) is 6.45. The van der Waals surface area contributed by atoms with Gasteiger partial charge in [0.1, 0.15) is 5.75 Å². The number of benzene rings is 3. The second-order valence-corrected chi connectivity index (χ2v) is 6.45. The topological polar surface area (TPSA) is 52.6 Å². The number of hydrogen-bond acceptors (Lipinski definition) is 4. The average Bonchev–Trinajstić information content (AvgIpc) is 2.76. The lowest BCUT2D eigenvalue weighted by Crippen LogP contribution is -2.23. The number of hydrogen-bond donors (Lipinski definition) is 0. The first-order chi connectivity index (χ1) is 13.7. The first-order valence-electron chi connectivity index (χ1n) is 8.92. The number of ether oxygens (including phenoxy) is 2. The molecule has 0 fully saturated rings. The van der Waals surface area contributed by atoms with Crippen molar-refractivity contribution in [2.75, 3.05) is 7.11 Å². The van der Waals surface area contributed by atoms with Crippen LogP contribution in [0, 0.1) is 0 Å². The summed E-state index contributed by atoms with van der Waals surface area (Å²) in [5.74, 6) is 0.125. The lowest BCUT2D eigenvalue weighted by Gasteiger charge is -2.28. The molecule has 1 heterocycles. The quantitative estimate of drug-likeness (QED) is 0.487. The molecule has 1 aliphatic heterocycles. The summed E-state index contributed by atoms with van der Waals surface area (Å²) in [5.41, 5.74) is 3.27. The van der Waals surface area contributed by atoms with E-state index in [1.54, 1.807) is 30.3 Å². The summed E-state index contributed by atoms with van der Waals surface area (Å²) in [4.78, 5) is 24.8.